The Kier molecular flexibility index (Phi) is 8.80. The maximum Gasteiger partial charge on any atom is 0.257 e. The zero-order valence-electron chi connectivity index (χ0n) is 21.8. The third-order valence-corrected chi connectivity index (χ3v) is 7.31. The summed E-state index contributed by atoms with van der Waals surface area (Å²) in [5, 5.41) is 9.43. The van der Waals surface area contributed by atoms with Crippen molar-refractivity contribution < 1.29 is 23.8 Å². The fraction of sp³-hybridized carbons (Fsp3) is 0.483. The van der Waals surface area contributed by atoms with Crippen LogP contribution in [0, 0.1) is 11.3 Å². The van der Waals surface area contributed by atoms with Gasteiger partial charge >= 0.3 is 0 Å². The van der Waals surface area contributed by atoms with E-state index in [0.29, 0.717) is 43.0 Å². The van der Waals surface area contributed by atoms with Crippen molar-refractivity contribution in [3.8, 4) is 11.8 Å². The summed E-state index contributed by atoms with van der Waals surface area (Å²) in [6, 6.07) is 16.8. The van der Waals surface area contributed by atoms with Gasteiger partial charge < -0.3 is 24.0 Å². The third kappa shape index (κ3) is 6.48. The van der Waals surface area contributed by atoms with Gasteiger partial charge in [-0.1, -0.05) is 30.3 Å². The van der Waals surface area contributed by atoms with Crippen molar-refractivity contribution in [1.29, 1.82) is 5.26 Å². The average molecular weight is 506 g/mol. The monoisotopic (exact) mass is 505 g/mol. The van der Waals surface area contributed by atoms with Gasteiger partial charge in [0.1, 0.15) is 11.9 Å². The molecule has 2 aliphatic rings. The van der Waals surface area contributed by atoms with Gasteiger partial charge in [0.25, 0.3) is 5.91 Å². The summed E-state index contributed by atoms with van der Waals surface area (Å²) in [6.07, 6.45) is 2.21. The SMILES string of the molecule is CO[C@H]1CC[C@@H]2CCOc3ccc(C#N)cc3C(=O)N(C)C[C@H](c3ccccc3)CC(=O)N(C)C[C@H]1O2. The fourth-order valence-electron chi connectivity index (χ4n) is 5.14. The highest BCUT2D eigenvalue weighted by Crippen LogP contribution is 2.29. The molecular formula is C29H35N3O5. The van der Waals surface area contributed by atoms with Gasteiger partial charge in [0.2, 0.25) is 5.91 Å². The van der Waals surface area contributed by atoms with Gasteiger partial charge in [-0.15, -0.1) is 0 Å². The van der Waals surface area contributed by atoms with E-state index in [1.54, 1.807) is 49.2 Å². The van der Waals surface area contributed by atoms with Crippen LogP contribution >= 0.6 is 0 Å². The molecule has 37 heavy (non-hydrogen) atoms. The molecular weight excluding hydrogens is 470 g/mol. The summed E-state index contributed by atoms with van der Waals surface area (Å²) in [6.45, 7) is 1.14. The van der Waals surface area contributed by atoms with Crippen LogP contribution in [0.25, 0.3) is 0 Å². The Morgan fingerprint density at radius 2 is 1.78 bits per heavy atom. The van der Waals surface area contributed by atoms with Crippen molar-refractivity contribution in [2.24, 2.45) is 0 Å². The number of fused-ring (bicyclic) bond motifs is 3. The standard InChI is InChI=1S/C29H35N3O5/c1-31-19-27-26(35-3)12-10-23(37-27)13-14-36-25-11-9-20(17-30)15-24(25)29(34)32(2)18-22(16-28(31)33)21-7-5-4-6-8-21/h4-9,11,15,22-23,26-27H,10,12-14,16,18-19H2,1-3H3/t22-,23-,26+,27-/m1/s1. The Hall–Kier alpha value is -3.41. The van der Waals surface area contributed by atoms with Crippen LogP contribution in [0.15, 0.2) is 48.5 Å². The molecule has 196 valence electrons. The Bertz CT molecular complexity index is 1130. The lowest BCUT2D eigenvalue weighted by Crippen LogP contribution is -2.48. The molecule has 2 bridgehead atoms. The molecule has 4 rings (SSSR count). The summed E-state index contributed by atoms with van der Waals surface area (Å²) in [5.74, 6) is -0.0346. The maximum absolute atomic E-state index is 13.6. The highest BCUT2D eigenvalue weighted by molar-refractivity contribution is 5.97. The molecule has 0 saturated carbocycles. The normalized spacial score (nSPS) is 25.7. The number of benzene rings is 2. The van der Waals surface area contributed by atoms with Crippen molar-refractivity contribution in [3.05, 3.63) is 65.2 Å². The zero-order valence-corrected chi connectivity index (χ0v) is 21.8. The zero-order chi connectivity index (χ0) is 26.4. The number of amides is 2. The number of rotatable bonds is 2. The lowest BCUT2D eigenvalue weighted by atomic mass is 9.93. The second-order valence-corrected chi connectivity index (χ2v) is 9.88. The largest absolute Gasteiger partial charge is 0.493 e. The molecule has 4 atom stereocenters. The van der Waals surface area contributed by atoms with Crippen LogP contribution in [0.5, 0.6) is 5.75 Å². The summed E-state index contributed by atoms with van der Waals surface area (Å²) in [5.41, 5.74) is 1.71. The van der Waals surface area contributed by atoms with E-state index in [0.717, 1.165) is 18.4 Å². The number of carbonyl (C=O) groups is 2. The quantitative estimate of drug-likeness (QED) is 0.619. The number of nitrogens with zero attached hydrogens (tertiary/aromatic N) is 3. The summed E-state index contributed by atoms with van der Waals surface area (Å²) in [4.78, 5) is 30.3. The van der Waals surface area contributed by atoms with Crippen LogP contribution in [0.2, 0.25) is 0 Å². The second-order valence-electron chi connectivity index (χ2n) is 9.88. The van der Waals surface area contributed by atoms with Crippen molar-refractivity contribution in [2.75, 3.05) is 40.9 Å². The molecule has 8 nitrogen and oxygen atoms in total. The molecule has 0 radical (unpaired) electrons. The molecule has 2 aliphatic heterocycles. The summed E-state index contributed by atoms with van der Waals surface area (Å²) in [7, 11) is 5.20. The minimum absolute atomic E-state index is 0.0159. The van der Waals surface area contributed by atoms with E-state index in [4.69, 9.17) is 14.2 Å². The van der Waals surface area contributed by atoms with Crippen LogP contribution in [-0.2, 0) is 14.3 Å². The van der Waals surface area contributed by atoms with Gasteiger partial charge in [-0.2, -0.15) is 5.26 Å². The number of hydrogen-bond donors (Lipinski definition) is 0. The molecule has 2 amide bonds. The Morgan fingerprint density at radius 1 is 1.00 bits per heavy atom. The molecule has 2 heterocycles. The molecule has 0 spiro atoms. The van der Waals surface area contributed by atoms with Gasteiger partial charge in [0, 0.05) is 53.1 Å². The molecule has 1 fully saturated rings. The lowest BCUT2D eigenvalue weighted by Gasteiger charge is -2.38. The first kappa shape index (κ1) is 26.6. The van der Waals surface area contributed by atoms with Crippen molar-refractivity contribution in [3.63, 3.8) is 0 Å². The number of likely N-dealkylation sites (N-methyl/N-ethyl adjacent to an activating group) is 2. The Balaban J connectivity index is 1.68. The minimum Gasteiger partial charge on any atom is -0.493 e. The molecule has 8 heteroatoms. The second kappa shape index (κ2) is 12.2. The molecule has 0 aromatic heterocycles. The predicted molar refractivity (Wildman–Crippen MR) is 138 cm³/mol. The van der Waals surface area contributed by atoms with Gasteiger partial charge in [0.15, 0.2) is 0 Å². The first-order valence-electron chi connectivity index (χ1n) is 12.8. The fourth-order valence-corrected chi connectivity index (χ4v) is 5.14. The van der Waals surface area contributed by atoms with E-state index in [2.05, 4.69) is 6.07 Å². The summed E-state index contributed by atoms with van der Waals surface area (Å²) < 4.78 is 18.1. The molecule has 0 aliphatic carbocycles. The van der Waals surface area contributed by atoms with E-state index in [1.807, 2.05) is 30.3 Å². The van der Waals surface area contributed by atoms with Gasteiger partial charge in [-0.05, 0) is 36.6 Å². The van der Waals surface area contributed by atoms with Crippen molar-refractivity contribution >= 4 is 11.8 Å². The number of methoxy groups -OCH3 is 1. The summed E-state index contributed by atoms with van der Waals surface area (Å²) >= 11 is 0. The van der Waals surface area contributed by atoms with Gasteiger partial charge in [-0.25, -0.2) is 0 Å². The minimum atomic E-state index is -0.252. The maximum atomic E-state index is 13.6. The van der Waals surface area contributed by atoms with E-state index < -0.39 is 0 Å². The molecule has 2 aromatic rings. The average Bonchev–Trinajstić information content (AvgIpc) is 2.92. The van der Waals surface area contributed by atoms with Crippen LogP contribution < -0.4 is 4.74 Å². The van der Waals surface area contributed by atoms with E-state index in [-0.39, 0.29) is 42.5 Å². The first-order valence-corrected chi connectivity index (χ1v) is 12.8. The molecule has 0 N–H and O–H groups in total. The number of nitriles is 1. The lowest BCUT2D eigenvalue weighted by molar-refractivity contribution is -0.150. The van der Waals surface area contributed by atoms with Crippen LogP contribution in [0.3, 0.4) is 0 Å². The van der Waals surface area contributed by atoms with Gasteiger partial charge in [-0.3, -0.25) is 9.59 Å². The first-order chi connectivity index (χ1) is 17.9. The van der Waals surface area contributed by atoms with Crippen LogP contribution in [0.1, 0.15) is 53.1 Å². The topological polar surface area (TPSA) is 92.1 Å². The number of ether oxygens (including phenoxy) is 3. The van der Waals surface area contributed by atoms with Crippen LogP contribution in [0.4, 0.5) is 0 Å². The van der Waals surface area contributed by atoms with Gasteiger partial charge in [0.05, 0.1) is 36.0 Å². The number of carbonyl (C=O) groups excluding carboxylic acids is 2. The Morgan fingerprint density at radius 3 is 2.51 bits per heavy atom. The molecule has 2 aromatic carbocycles. The third-order valence-electron chi connectivity index (χ3n) is 7.31. The Labute approximate surface area is 218 Å². The van der Waals surface area contributed by atoms with E-state index in [9.17, 15) is 14.9 Å². The smallest absolute Gasteiger partial charge is 0.257 e. The van der Waals surface area contributed by atoms with E-state index in [1.165, 1.54) is 0 Å². The predicted octanol–water partition coefficient (Wildman–Crippen LogP) is 3.61. The molecule has 1 saturated heterocycles. The molecule has 0 unspecified atom stereocenters. The van der Waals surface area contributed by atoms with E-state index >= 15 is 0 Å². The highest BCUT2D eigenvalue weighted by atomic mass is 16.5. The van der Waals surface area contributed by atoms with Crippen molar-refractivity contribution in [1.82, 2.24) is 9.80 Å². The van der Waals surface area contributed by atoms with Crippen LogP contribution in [-0.4, -0.2) is 80.8 Å². The number of hydrogen-bond acceptors (Lipinski definition) is 6. The highest BCUT2D eigenvalue weighted by Gasteiger charge is 2.34. The van der Waals surface area contributed by atoms with Crippen molar-refractivity contribution in [2.45, 2.75) is 49.9 Å².